The number of hydrogen-bond donors (Lipinski definition) is 2. The van der Waals surface area contributed by atoms with Crippen LogP contribution < -0.4 is 0 Å². The van der Waals surface area contributed by atoms with Gasteiger partial charge in [-0.25, -0.2) is 0 Å². The zero-order valence-electron chi connectivity index (χ0n) is 7.80. The zero-order valence-corrected chi connectivity index (χ0v) is 7.80. The highest BCUT2D eigenvalue weighted by molar-refractivity contribution is 5.80. The Hall–Kier alpha value is -0.650. The Bertz CT molecular complexity index is 187. The highest BCUT2D eigenvalue weighted by atomic mass is 16.5. The third-order valence-electron chi connectivity index (χ3n) is 2.27. The fourth-order valence-corrected chi connectivity index (χ4v) is 1.31. The van der Waals surface area contributed by atoms with Crippen molar-refractivity contribution in [2.45, 2.75) is 25.2 Å². The molecule has 5 heteroatoms. The fourth-order valence-electron chi connectivity index (χ4n) is 1.31. The largest absolute Gasteiger partial charge is 0.388 e. The normalized spacial score (nSPS) is 30.6. The first-order valence-corrected chi connectivity index (χ1v) is 4.24. The molecule has 1 aliphatic heterocycles. The molecule has 1 heterocycles. The second kappa shape index (κ2) is 4.04. The van der Waals surface area contributed by atoms with Crippen molar-refractivity contribution in [2.75, 3.05) is 20.2 Å². The van der Waals surface area contributed by atoms with Gasteiger partial charge >= 0.3 is 0 Å². The van der Waals surface area contributed by atoms with E-state index in [2.05, 4.69) is 0 Å². The Kier molecular flexibility index (Phi) is 3.24. The lowest BCUT2D eigenvalue weighted by Crippen LogP contribution is -2.37. The van der Waals surface area contributed by atoms with E-state index in [0.29, 0.717) is 0 Å². The topological polar surface area (TPSA) is 70.0 Å². The summed E-state index contributed by atoms with van der Waals surface area (Å²) in [6, 6.07) is 0. The first-order valence-electron chi connectivity index (χ1n) is 4.24. The quantitative estimate of drug-likeness (QED) is 0.559. The molecule has 0 bridgehead atoms. The summed E-state index contributed by atoms with van der Waals surface area (Å²) in [5, 5.41) is 18.4. The van der Waals surface area contributed by atoms with Gasteiger partial charge in [0.25, 0.3) is 5.91 Å². The van der Waals surface area contributed by atoms with E-state index in [1.165, 1.54) is 12.0 Å². The average Bonchev–Trinajstić information content (AvgIpc) is 2.44. The Morgan fingerprint density at radius 2 is 1.92 bits per heavy atom. The minimum absolute atomic E-state index is 0.188. The van der Waals surface area contributed by atoms with Crippen molar-refractivity contribution in [3.63, 3.8) is 0 Å². The molecule has 0 aromatic heterocycles. The molecule has 0 aliphatic carbocycles. The van der Waals surface area contributed by atoms with E-state index >= 15 is 0 Å². The maximum Gasteiger partial charge on any atom is 0.251 e. The molecule has 1 rings (SSSR count). The molecule has 2 N–H and O–H groups in total. The number of β-amino-alcohol motifs (C(OH)–C–C–N with tert-alkyl or cyclic N) is 2. The van der Waals surface area contributed by atoms with Gasteiger partial charge < -0.3 is 19.8 Å². The molecule has 0 spiro atoms. The number of amides is 1. The van der Waals surface area contributed by atoms with Crippen molar-refractivity contribution >= 4 is 5.91 Å². The maximum atomic E-state index is 11.4. The number of rotatable bonds is 2. The van der Waals surface area contributed by atoms with Crippen LogP contribution in [0.4, 0.5) is 0 Å². The van der Waals surface area contributed by atoms with Crippen molar-refractivity contribution in [1.82, 2.24) is 4.90 Å². The number of nitrogens with zero attached hydrogens (tertiary/aromatic N) is 1. The number of aliphatic hydroxyl groups is 2. The Morgan fingerprint density at radius 1 is 1.46 bits per heavy atom. The van der Waals surface area contributed by atoms with E-state index in [9.17, 15) is 15.0 Å². The Morgan fingerprint density at radius 3 is 2.31 bits per heavy atom. The van der Waals surface area contributed by atoms with Gasteiger partial charge in [-0.15, -0.1) is 0 Å². The van der Waals surface area contributed by atoms with Gasteiger partial charge in [-0.1, -0.05) is 0 Å². The number of methoxy groups -OCH3 is 1. The lowest BCUT2D eigenvalue weighted by atomic mass is 10.3. The minimum Gasteiger partial charge on any atom is -0.388 e. The van der Waals surface area contributed by atoms with Crippen molar-refractivity contribution < 1.29 is 19.7 Å². The fraction of sp³-hybridized carbons (Fsp3) is 0.875. The molecule has 0 saturated carbocycles. The van der Waals surface area contributed by atoms with Crippen molar-refractivity contribution in [3.05, 3.63) is 0 Å². The van der Waals surface area contributed by atoms with Crippen LogP contribution in [0.25, 0.3) is 0 Å². The van der Waals surface area contributed by atoms with Crippen LogP contribution in [0.3, 0.4) is 0 Å². The van der Waals surface area contributed by atoms with Crippen LogP contribution in [0.1, 0.15) is 6.92 Å². The van der Waals surface area contributed by atoms with Gasteiger partial charge in [0.15, 0.2) is 0 Å². The summed E-state index contributed by atoms with van der Waals surface area (Å²) >= 11 is 0. The predicted octanol–water partition coefficient (Wildman–Crippen LogP) is -1.41. The van der Waals surface area contributed by atoms with E-state index in [-0.39, 0.29) is 19.0 Å². The third kappa shape index (κ3) is 2.18. The summed E-state index contributed by atoms with van der Waals surface area (Å²) in [6.45, 7) is 2.01. The SMILES string of the molecule is COC(C)C(=O)N1C[C@@H](O)[C@@H](O)C1. The molecule has 3 atom stereocenters. The summed E-state index contributed by atoms with van der Waals surface area (Å²) in [5.74, 6) is -0.196. The second-order valence-corrected chi connectivity index (χ2v) is 3.26. The zero-order chi connectivity index (χ0) is 10.0. The number of hydrogen-bond acceptors (Lipinski definition) is 4. The van der Waals surface area contributed by atoms with Gasteiger partial charge in [0.1, 0.15) is 6.10 Å². The van der Waals surface area contributed by atoms with Crippen LogP contribution in [-0.2, 0) is 9.53 Å². The van der Waals surface area contributed by atoms with Crippen LogP contribution in [-0.4, -0.2) is 59.5 Å². The predicted molar refractivity (Wildman–Crippen MR) is 45.1 cm³/mol. The second-order valence-electron chi connectivity index (χ2n) is 3.26. The van der Waals surface area contributed by atoms with Gasteiger partial charge in [-0.05, 0) is 6.92 Å². The molecule has 1 amide bonds. The summed E-state index contributed by atoms with van der Waals surface area (Å²) in [6.07, 6.45) is -2.17. The number of likely N-dealkylation sites (tertiary alicyclic amines) is 1. The molecule has 0 aromatic carbocycles. The van der Waals surface area contributed by atoms with E-state index in [0.717, 1.165) is 0 Å². The van der Waals surface area contributed by atoms with Crippen molar-refractivity contribution in [2.24, 2.45) is 0 Å². The molecule has 76 valence electrons. The highest BCUT2D eigenvalue weighted by Crippen LogP contribution is 2.11. The van der Waals surface area contributed by atoms with Crippen molar-refractivity contribution in [1.29, 1.82) is 0 Å². The molecule has 1 fully saturated rings. The lowest BCUT2D eigenvalue weighted by molar-refractivity contribution is -0.140. The molecule has 0 radical (unpaired) electrons. The molecule has 1 unspecified atom stereocenters. The van der Waals surface area contributed by atoms with E-state index in [1.54, 1.807) is 6.92 Å². The van der Waals surface area contributed by atoms with Gasteiger partial charge in [0.05, 0.1) is 12.2 Å². The highest BCUT2D eigenvalue weighted by Gasteiger charge is 2.34. The first-order chi connectivity index (χ1) is 6.06. The van der Waals surface area contributed by atoms with E-state index < -0.39 is 18.3 Å². The minimum atomic E-state index is -0.826. The molecule has 13 heavy (non-hydrogen) atoms. The molecule has 5 nitrogen and oxygen atoms in total. The summed E-state index contributed by atoms with van der Waals surface area (Å²) in [7, 11) is 1.45. The van der Waals surface area contributed by atoms with Gasteiger partial charge in [0, 0.05) is 20.2 Å². The summed E-state index contributed by atoms with van der Waals surface area (Å²) in [5.41, 5.74) is 0. The molecular formula is C8H15NO4. The van der Waals surface area contributed by atoms with E-state index in [1.807, 2.05) is 0 Å². The van der Waals surface area contributed by atoms with Crippen LogP contribution in [0, 0.1) is 0 Å². The van der Waals surface area contributed by atoms with Crippen molar-refractivity contribution in [3.8, 4) is 0 Å². The van der Waals surface area contributed by atoms with Gasteiger partial charge in [-0.2, -0.15) is 0 Å². The Balaban J connectivity index is 2.50. The number of carbonyl (C=O) groups is 1. The first kappa shape index (κ1) is 10.4. The Labute approximate surface area is 76.9 Å². The molecule has 1 aliphatic rings. The third-order valence-corrected chi connectivity index (χ3v) is 2.27. The summed E-state index contributed by atoms with van der Waals surface area (Å²) in [4.78, 5) is 12.9. The maximum absolute atomic E-state index is 11.4. The molecule has 0 aromatic rings. The molecular weight excluding hydrogens is 174 g/mol. The smallest absolute Gasteiger partial charge is 0.251 e. The van der Waals surface area contributed by atoms with Crippen LogP contribution >= 0.6 is 0 Å². The van der Waals surface area contributed by atoms with Crippen LogP contribution in [0.15, 0.2) is 0 Å². The van der Waals surface area contributed by atoms with Gasteiger partial charge in [-0.3, -0.25) is 4.79 Å². The molecule has 1 saturated heterocycles. The average molecular weight is 189 g/mol. The number of ether oxygens (including phenoxy) is 1. The number of aliphatic hydroxyl groups excluding tert-OH is 2. The monoisotopic (exact) mass is 189 g/mol. The van der Waals surface area contributed by atoms with Crippen LogP contribution in [0.5, 0.6) is 0 Å². The lowest BCUT2D eigenvalue weighted by Gasteiger charge is -2.18. The van der Waals surface area contributed by atoms with Crippen LogP contribution in [0.2, 0.25) is 0 Å². The van der Waals surface area contributed by atoms with Gasteiger partial charge in [0.2, 0.25) is 0 Å². The van der Waals surface area contributed by atoms with E-state index in [4.69, 9.17) is 4.74 Å². The standard InChI is InChI=1S/C8H15NO4/c1-5(13-2)8(12)9-3-6(10)7(11)4-9/h5-7,10-11H,3-4H2,1-2H3/t5?,6-,7+. The number of carbonyl (C=O) groups excluding carboxylic acids is 1. The summed E-state index contributed by atoms with van der Waals surface area (Å²) < 4.78 is 4.84.